The van der Waals surface area contributed by atoms with Gasteiger partial charge < -0.3 is 19.4 Å². The van der Waals surface area contributed by atoms with Gasteiger partial charge in [-0.2, -0.15) is 0 Å². The number of ether oxygens (including phenoxy) is 1. The summed E-state index contributed by atoms with van der Waals surface area (Å²) >= 11 is 0. The van der Waals surface area contributed by atoms with Gasteiger partial charge in [-0.05, 0) is 25.8 Å². The van der Waals surface area contributed by atoms with E-state index in [4.69, 9.17) is 9.73 Å². The zero-order valence-corrected chi connectivity index (χ0v) is 17.1. The van der Waals surface area contributed by atoms with Crippen molar-refractivity contribution < 1.29 is 14.3 Å². The number of aliphatic imine (C=N–C) groups is 1. The van der Waals surface area contributed by atoms with Crippen molar-refractivity contribution in [1.29, 1.82) is 0 Å². The highest BCUT2D eigenvalue weighted by Gasteiger charge is 2.54. The van der Waals surface area contributed by atoms with Crippen LogP contribution >= 0.6 is 0 Å². The summed E-state index contributed by atoms with van der Waals surface area (Å²) in [6, 6.07) is 9.44. The molecule has 0 bridgehead atoms. The van der Waals surface area contributed by atoms with Crippen molar-refractivity contribution in [3.63, 3.8) is 0 Å². The molecule has 0 aliphatic carbocycles. The molecule has 154 valence electrons. The van der Waals surface area contributed by atoms with E-state index in [1.54, 1.807) is 11.9 Å². The van der Waals surface area contributed by atoms with Crippen molar-refractivity contribution in [3.8, 4) is 0 Å². The van der Waals surface area contributed by atoms with Gasteiger partial charge in [0.25, 0.3) is 5.91 Å². The standard InChI is InChI=1S/C21H27N5O3/c1-4-29-13-12-25-19(27)17-18(23(3)21(25)28)22-20-24(15(2)14-26(17)20)11-10-16-8-6-5-7-9-16/h5-9,14,17-18H,4,10-13H2,1-3H3. The van der Waals surface area contributed by atoms with Crippen LogP contribution in [0, 0.1) is 0 Å². The Balaban J connectivity index is 1.52. The first-order valence-corrected chi connectivity index (χ1v) is 10.0. The first-order chi connectivity index (χ1) is 14.0. The Labute approximate surface area is 171 Å². The van der Waals surface area contributed by atoms with E-state index >= 15 is 0 Å². The molecular formula is C21H27N5O3. The lowest BCUT2D eigenvalue weighted by Gasteiger charge is -2.40. The number of urea groups is 1. The van der Waals surface area contributed by atoms with Crippen molar-refractivity contribution in [1.82, 2.24) is 19.6 Å². The molecule has 0 saturated carbocycles. The monoisotopic (exact) mass is 397 g/mol. The number of carbonyl (C=O) groups is 2. The predicted molar refractivity (Wildman–Crippen MR) is 109 cm³/mol. The molecule has 8 nitrogen and oxygen atoms in total. The normalized spacial score (nSPS) is 23.4. The number of nitrogens with zero attached hydrogens (tertiary/aromatic N) is 5. The minimum Gasteiger partial charge on any atom is -0.380 e. The minimum atomic E-state index is -0.522. The van der Waals surface area contributed by atoms with Gasteiger partial charge in [-0.1, -0.05) is 30.3 Å². The summed E-state index contributed by atoms with van der Waals surface area (Å²) in [5.41, 5.74) is 2.30. The quantitative estimate of drug-likeness (QED) is 0.655. The van der Waals surface area contributed by atoms with Crippen molar-refractivity contribution >= 4 is 17.9 Å². The number of imide groups is 1. The number of guanidine groups is 1. The smallest absolute Gasteiger partial charge is 0.328 e. The molecule has 1 fully saturated rings. The van der Waals surface area contributed by atoms with Crippen LogP contribution in [0.5, 0.6) is 0 Å². The molecule has 29 heavy (non-hydrogen) atoms. The van der Waals surface area contributed by atoms with Crippen LogP contribution in [0.25, 0.3) is 0 Å². The Morgan fingerprint density at radius 1 is 1.10 bits per heavy atom. The third kappa shape index (κ3) is 3.37. The molecule has 0 radical (unpaired) electrons. The number of rotatable bonds is 7. The summed E-state index contributed by atoms with van der Waals surface area (Å²) in [4.78, 5) is 37.5. The summed E-state index contributed by atoms with van der Waals surface area (Å²) in [5.74, 6) is 0.526. The van der Waals surface area contributed by atoms with Gasteiger partial charge in [-0.25, -0.2) is 9.79 Å². The Kier molecular flexibility index (Phi) is 5.27. The number of allylic oxidation sites excluding steroid dienone is 1. The topological polar surface area (TPSA) is 68.7 Å². The van der Waals surface area contributed by atoms with Gasteiger partial charge in [-0.15, -0.1) is 0 Å². The van der Waals surface area contributed by atoms with Crippen LogP contribution in [0.4, 0.5) is 4.79 Å². The van der Waals surface area contributed by atoms with Crippen LogP contribution in [0.1, 0.15) is 19.4 Å². The van der Waals surface area contributed by atoms with Gasteiger partial charge in [0, 0.05) is 32.1 Å². The fraction of sp³-hybridized carbons (Fsp3) is 0.476. The Hall–Kier alpha value is -2.87. The van der Waals surface area contributed by atoms with E-state index in [1.165, 1.54) is 10.5 Å². The maximum absolute atomic E-state index is 13.2. The molecule has 3 heterocycles. The summed E-state index contributed by atoms with van der Waals surface area (Å²) in [6.07, 6.45) is 2.34. The fourth-order valence-corrected chi connectivity index (χ4v) is 4.07. The number of amides is 3. The molecule has 3 amide bonds. The molecule has 2 atom stereocenters. The molecule has 0 spiro atoms. The molecule has 3 aliphatic heterocycles. The Morgan fingerprint density at radius 2 is 1.86 bits per heavy atom. The van der Waals surface area contributed by atoms with Crippen LogP contribution in [0.15, 0.2) is 47.2 Å². The fourth-order valence-electron chi connectivity index (χ4n) is 4.07. The van der Waals surface area contributed by atoms with E-state index < -0.39 is 12.2 Å². The van der Waals surface area contributed by atoms with E-state index in [-0.39, 0.29) is 18.5 Å². The summed E-state index contributed by atoms with van der Waals surface area (Å²) < 4.78 is 5.35. The Bertz CT molecular complexity index is 853. The van der Waals surface area contributed by atoms with Crippen molar-refractivity contribution in [3.05, 3.63) is 47.8 Å². The lowest BCUT2D eigenvalue weighted by atomic mass is 10.1. The first kappa shape index (κ1) is 19.4. The lowest BCUT2D eigenvalue weighted by Crippen LogP contribution is -2.64. The van der Waals surface area contributed by atoms with E-state index in [9.17, 15) is 9.59 Å². The highest BCUT2D eigenvalue weighted by atomic mass is 16.5. The van der Waals surface area contributed by atoms with Crippen LogP contribution in [0.3, 0.4) is 0 Å². The molecule has 0 aromatic heterocycles. The van der Waals surface area contributed by atoms with E-state index in [1.807, 2.05) is 43.1 Å². The average Bonchev–Trinajstić information content (AvgIpc) is 3.23. The largest absolute Gasteiger partial charge is 0.380 e. The van der Waals surface area contributed by atoms with Gasteiger partial charge in [0.1, 0.15) is 0 Å². The second-order valence-corrected chi connectivity index (χ2v) is 7.43. The zero-order chi connectivity index (χ0) is 20.5. The summed E-state index contributed by atoms with van der Waals surface area (Å²) in [5, 5.41) is 0. The molecule has 0 N–H and O–H groups in total. The lowest BCUT2D eigenvalue weighted by molar-refractivity contribution is -0.137. The molecule has 8 heteroatoms. The average molecular weight is 397 g/mol. The number of likely N-dealkylation sites (N-methyl/N-ethyl adjacent to an activating group) is 1. The van der Waals surface area contributed by atoms with Gasteiger partial charge in [0.15, 0.2) is 12.2 Å². The first-order valence-electron chi connectivity index (χ1n) is 10.0. The molecule has 1 aromatic carbocycles. The third-order valence-corrected chi connectivity index (χ3v) is 5.63. The van der Waals surface area contributed by atoms with Crippen LogP contribution in [0.2, 0.25) is 0 Å². The third-order valence-electron chi connectivity index (χ3n) is 5.63. The highest BCUT2D eigenvalue weighted by molar-refractivity contribution is 6.04. The van der Waals surface area contributed by atoms with Gasteiger partial charge in [0.05, 0.1) is 13.2 Å². The van der Waals surface area contributed by atoms with Crippen LogP contribution < -0.4 is 0 Å². The minimum absolute atomic E-state index is 0.217. The maximum atomic E-state index is 13.2. The highest BCUT2D eigenvalue weighted by Crippen LogP contribution is 2.33. The zero-order valence-electron chi connectivity index (χ0n) is 17.1. The Morgan fingerprint density at radius 3 is 2.59 bits per heavy atom. The summed E-state index contributed by atoms with van der Waals surface area (Å²) in [7, 11) is 1.71. The van der Waals surface area contributed by atoms with Crippen LogP contribution in [-0.4, -0.2) is 83.1 Å². The van der Waals surface area contributed by atoms with Crippen molar-refractivity contribution in [2.24, 2.45) is 4.99 Å². The molecule has 2 unspecified atom stereocenters. The second-order valence-electron chi connectivity index (χ2n) is 7.43. The van der Waals surface area contributed by atoms with Crippen molar-refractivity contribution in [2.45, 2.75) is 32.5 Å². The van der Waals surface area contributed by atoms with Gasteiger partial charge in [0.2, 0.25) is 5.96 Å². The van der Waals surface area contributed by atoms with E-state index in [0.717, 1.165) is 24.6 Å². The van der Waals surface area contributed by atoms with Gasteiger partial charge in [-0.3, -0.25) is 9.69 Å². The second kappa shape index (κ2) is 7.87. The molecule has 3 aliphatic rings. The molecular weight excluding hydrogens is 370 g/mol. The number of carbonyl (C=O) groups excluding carboxylic acids is 2. The van der Waals surface area contributed by atoms with Gasteiger partial charge >= 0.3 is 6.03 Å². The predicted octanol–water partition coefficient (Wildman–Crippen LogP) is 1.70. The van der Waals surface area contributed by atoms with Crippen molar-refractivity contribution in [2.75, 3.05) is 33.4 Å². The number of fused-ring (bicyclic) bond motifs is 3. The maximum Gasteiger partial charge on any atom is 0.328 e. The van der Waals surface area contributed by atoms with Crippen LogP contribution in [-0.2, 0) is 16.0 Å². The van der Waals surface area contributed by atoms with E-state index in [0.29, 0.717) is 13.2 Å². The number of benzene rings is 1. The van der Waals surface area contributed by atoms with E-state index in [2.05, 4.69) is 17.0 Å². The molecule has 1 aromatic rings. The molecule has 1 saturated heterocycles. The molecule has 4 rings (SSSR count). The summed E-state index contributed by atoms with van der Waals surface area (Å²) in [6.45, 7) is 5.82. The number of hydrogen-bond acceptors (Lipinski definition) is 6. The number of hydrogen-bond donors (Lipinski definition) is 0. The SMILES string of the molecule is CCOCCN1C(=O)C2C(N=C3N(CCc4ccccc4)C(C)=CN32)N(C)C1=O.